The molecule has 0 aromatic heterocycles. The van der Waals surface area contributed by atoms with Gasteiger partial charge in [0.05, 0.1) is 10.9 Å². The number of carbonyl (C=O) groups is 2. The topological polar surface area (TPSA) is 98.8 Å². The minimum Gasteiger partial charge on any atom is -0.325 e. The van der Waals surface area contributed by atoms with Crippen LogP contribution in [0.5, 0.6) is 0 Å². The zero-order valence-corrected chi connectivity index (χ0v) is 18.2. The zero-order valence-electron chi connectivity index (χ0n) is 17.4. The SMILES string of the molecule is C[C@H](NS(=O)(=O)c1ccc2c(c1)CCN2C(=O)N1CCCC1)C(=O)Nc1ccccc1. The van der Waals surface area contributed by atoms with E-state index in [0.29, 0.717) is 18.7 Å². The van der Waals surface area contributed by atoms with Gasteiger partial charge in [-0.3, -0.25) is 9.69 Å². The summed E-state index contributed by atoms with van der Waals surface area (Å²) in [6, 6.07) is 12.6. The third-order valence-electron chi connectivity index (χ3n) is 5.63. The van der Waals surface area contributed by atoms with E-state index in [1.54, 1.807) is 41.3 Å². The van der Waals surface area contributed by atoms with E-state index in [4.69, 9.17) is 0 Å². The van der Waals surface area contributed by atoms with Gasteiger partial charge in [0.2, 0.25) is 15.9 Å². The number of sulfonamides is 1. The Morgan fingerprint density at radius 1 is 1.00 bits per heavy atom. The predicted octanol–water partition coefficient (Wildman–Crippen LogP) is 2.57. The average molecular weight is 443 g/mol. The number of hydrogen-bond acceptors (Lipinski definition) is 4. The molecule has 2 N–H and O–H groups in total. The van der Waals surface area contributed by atoms with E-state index in [0.717, 1.165) is 37.2 Å². The molecule has 0 radical (unpaired) electrons. The molecule has 1 saturated heterocycles. The number of carbonyl (C=O) groups excluding carboxylic acids is 2. The van der Waals surface area contributed by atoms with E-state index in [-0.39, 0.29) is 10.9 Å². The monoisotopic (exact) mass is 442 g/mol. The van der Waals surface area contributed by atoms with Crippen molar-refractivity contribution in [2.75, 3.05) is 29.9 Å². The van der Waals surface area contributed by atoms with Crippen LogP contribution in [0.15, 0.2) is 53.4 Å². The van der Waals surface area contributed by atoms with Crippen molar-refractivity contribution in [1.82, 2.24) is 9.62 Å². The molecular weight excluding hydrogens is 416 g/mol. The molecular formula is C22H26N4O4S. The fraction of sp³-hybridized carbons (Fsp3) is 0.364. The normalized spacial score (nSPS) is 16.8. The van der Waals surface area contributed by atoms with E-state index < -0.39 is 22.0 Å². The van der Waals surface area contributed by atoms with Crippen molar-refractivity contribution in [3.63, 3.8) is 0 Å². The van der Waals surface area contributed by atoms with Gasteiger partial charge in [0.25, 0.3) is 0 Å². The number of anilines is 2. The van der Waals surface area contributed by atoms with Gasteiger partial charge in [0, 0.05) is 31.0 Å². The maximum Gasteiger partial charge on any atom is 0.324 e. The summed E-state index contributed by atoms with van der Waals surface area (Å²) in [7, 11) is -3.90. The van der Waals surface area contributed by atoms with Gasteiger partial charge in [-0.1, -0.05) is 18.2 Å². The fourth-order valence-electron chi connectivity index (χ4n) is 3.95. The molecule has 1 fully saturated rings. The van der Waals surface area contributed by atoms with Crippen LogP contribution >= 0.6 is 0 Å². The molecule has 1 atom stereocenters. The molecule has 0 bridgehead atoms. The summed E-state index contributed by atoms with van der Waals surface area (Å²) in [5.74, 6) is -0.446. The lowest BCUT2D eigenvalue weighted by atomic mass is 10.2. The summed E-state index contributed by atoms with van der Waals surface area (Å²) < 4.78 is 28.1. The largest absolute Gasteiger partial charge is 0.325 e. The van der Waals surface area contributed by atoms with Crippen LogP contribution in [-0.2, 0) is 21.2 Å². The molecule has 2 heterocycles. The maximum absolute atomic E-state index is 12.8. The van der Waals surface area contributed by atoms with Crippen molar-refractivity contribution in [2.45, 2.75) is 37.1 Å². The molecule has 3 amide bonds. The van der Waals surface area contributed by atoms with Crippen LogP contribution < -0.4 is 14.9 Å². The van der Waals surface area contributed by atoms with Gasteiger partial charge in [-0.05, 0) is 62.1 Å². The number of rotatable bonds is 5. The molecule has 31 heavy (non-hydrogen) atoms. The lowest BCUT2D eigenvalue weighted by Gasteiger charge is -2.24. The number of amides is 3. The molecule has 2 aromatic rings. The molecule has 2 aliphatic rings. The molecule has 0 aliphatic carbocycles. The second-order valence-electron chi connectivity index (χ2n) is 7.87. The Morgan fingerprint density at radius 2 is 1.71 bits per heavy atom. The summed E-state index contributed by atoms with van der Waals surface area (Å²) in [5, 5.41) is 2.69. The zero-order chi connectivity index (χ0) is 22.0. The first-order valence-electron chi connectivity index (χ1n) is 10.4. The first kappa shape index (κ1) is 21.3. The average Bonchev–Trinajstić information content (AvgIpc) is 3.43. The maximum atomic E-state index is 12.8. The Bertz CT molecular complexity index is 1080. The van der Waals surface area contributed by atoms with Crippen molar-refractivity contribution < 1.29 is 18.0 Å². The summed E-state index contributed by atoms with van der Waals surface area (Å²) in [5.41, 5.74) is 2.17. The number of para-hydroxylation sites is 1. The summed E-state index contributed by atoms with van der Waals surface area (Å²) >= 11 is 0. The van der Waals surface area contributed by atoms with E-state index >= 15 is 0 Å². The van der Waals surface area contributed by atoms with E-state index in [1.165, 1.54) is 13.0 Å². The number of nitrogens with one attached hydrogen (secondary N) is 2. The van der Waals surface area contributed by atoms with E-state index in [2.05, 4.69) is 10.0 Å². The standard InChI is InChI=1S/C22H26N4O4S/c1-16(21(27)23-18-7-3-2-4-8-18)24-31(29,30)19-9-10-20-17(15-19)11-14-26(20)22(28)25-12-5-6-13-25/h2-4,7-10,15-16,24H,5-6,11-14H2,1H3,(H,23,27)/t16-/m0/s1. The Hall–Kier alpha value is -2.91. The molecule has 9 heteroatoms. The van der Waals surface area contributed by atoms with Crippen LogP contribution in [0.4, 0.5) is 16.2 Å². The smallest absolute Gasteiger partial charge is 0.324 e. The molecule has 0 spiro atoms. The number of likely N-dealkylation sites (tertiary alicyclic amines) is 1. The first-order chi connectivity index (χ1) is 14.8. The first-order valence-corrected chi connectivity index (χ1v) is 11.9. The number of fused-ring (bicyclic) bond motifs is 1. The van der Waals surface area contributed by atoms with Crippen molar-refractivity contribution in [3.8, 4) is 0 Å². The minimum atomic E-state index is -3.90. The van der Waals surface area contributed by atoms with Gasteiger partial charge >= 0.3 is 6.03 Å². The second-order valence-corrected chi connectivity index (χ2v) is 9.58. The fourth-order valence-corrected chi connectivity index (χ4v) is 5.20. The van der Waals surface area contributed by atoms with Gasteiger partial charge in [-0.2, -0.15) is 4.72 Å². The molecule has 164 valence electrons. The third kappa shape index (κ3) is 4.57. The van der Waals surface area contributed by atoms with Crippen molar-refractivity contribution >= 4 is 33.3 Å². The number of urea groups is 1. The van der Waals surface area contributed by atoms with Gasteiger partial charge in [0.1, 0.15) is 0 Å². The lowest BCUT2D eigenvalue weighted by Crippen LogP contribution is -2.41. The van der Waals surface area contributed by atoms with Crippen LogP contribution in [0, 0.1) is 0 Å². The van der Waals surface area contributed by atoms with Crippen LogP contribution in [0.25, 0.3) is 0 Å². The van der Waals surface area contributed by atoms with Gasteiger partial charge in [-0.25, -0.2) is 13.2 Å². The van der Waals surface area contributed by atoms with E-state index in [1.807, 2.05) is 11.0 Å². The third-order valence-corrected chi connectivity index (χ3v) is 7.17. The second kappa shape index (κ2) is 8.68. The Labute approximate surface area is 182 Å². The van der Waals surface area contributed by atoms with Crippen molar-refractivity contribution in [1.29, 1.82) is 0 Å². The molecule has 4 rings (SSSR count). The minimum absolute atomic E-state index is 0.0174. The molecule has 2 aromatic carbocycles. The van der Waals surface area contributed by atoms with E-state index in [9.17, 15) is 18.0 Å². The summed E-state index contributed by atoms with van der Waals surface area (Å²) in [6.45, 7) is 3.57. The van der Waals surface area contributed by atoms with Gasteiger partial charge in [0.15, 0.2) is 0 Å². The van der Waals surface area contributed by atoms with Crippen LogP contribution in [-0.4, -0.2) is 50.9 Å². The number of nitrogens with zero attached hydrogens (tertiary/aromatic N) is 2. The van der Waals surface area contributed by atoms with Crippen LogP contribution in [0.2, 0.25) is 0 Å². The molecule has 0 saturated carbocycles. The quantitative estimate of drug-likeness (QED) is 0.744. The highest BCUT2D eigenvalue weighted by molar-refractivity contribution is 7.89. The van der Waals surface area contributed by atoms with Crippen LogP contribution in [0.3, 0.4) is 0 Å². The molecule has 2 aliphatic heterocycles. The lowest BCUT2D eigenvalue weighted by molar-refractivity contribution is -0.117. The summed E-state index contributed by atoms with van der Waals surface area (Å²) in [6.07, 6.45) is 2.64. The predicted molar refractivity (Wildman–Crippen MR) is 119 cm³/mol. The van der Waals surface area contributed by atoms with Crippen LogP contribution in [0.1, 0.15) is 25.3 Å². The van der Waals surface area contributed by atoms with Crippen molar-refractivity contribution in [2.24, 2.45) is 0 Å². The number of benzene rings is 2. The highest BCUT2D eigenvalue weighted by atomic mass is 32.2. The Kier molecular flexibility index (Phi) is 5.97. The highest BCUT2D eigenvalue weighted by Gasteiger charge is 2.31. The summed E-state index contributed by atoms with van der Waals surface area (Å²) in [4.78, 5) is 28.8. The number of hydrogen-bond donors (Lipinski definition) is 2. The van der Waals surface area contributed by atoms with Gasteiger partial charge < -0.3 is 10.2 Å². The Morgan fingerprint density at radius 3 is 2.42 bits per heavy atom. The van der Waals surface area contributed by atoms with Crippen molar-refractivity contribution in [3.05, 3.63) is 54.1 Å². The highest BCUT2D eigenvalue weighted by Crippen LogP contribution is 2.31. The Balaban J connectivity index is 1.45. The van der Waals surface area contributed by atoms with Gasteiger partial charge in [-0.15, -0.1) is 0 Å². The molecule has 8 nitrogen and oxygen atoms in total. The molecule has 0 unspecified atom stereocenters.